The van der Waals surface area contributed by atoms with Crippen molar-refractivity contribution in [3.63, 3.8) is 0 Å². The third-order valence-corrected chi connectivity index (χ3v) is 19.1. The van der Waals surface area contributed by atoms with E-state index in [-0.39, 0.29) is 124 Å². The Hall–Kier alpha value is -9.23. The van der Waals surface area contributed by atoms with Gasteiger partial charge in [0.05, 0.1) is 50.2 Å². The first kappa shape index (κ1) is 58.2. The number of amides is 1. The molecule has 87 heavy (non-hydrogen) atoms. The average molecular weight is 1310 g/mol. The molecule has 25 nitrogen and oxygen atoms in total. The number of sulfone groups is 1. The Labute approximate surface area is 508 Å². The van der Waals surface area contributed by atoms with Crippen LogP contribution in [0.5, 0.6) is 0 Å². The van der Waals surface area contributed by atoms with E-state index in [4.69, 9.17) is 46.5 Å². The predicted molar refractivity (Wildman–Crippen MR) is 318 cm³/mol. The van der Waals surface area contributed by atoms with Gasteiger partial charge in [-0.05, 0) is 102 Å². The third kappa shape index (κ3) is 10.9. The number of hydrogen-bond donors (Lipinski definition) is 4. The summed E-state index contributed by atoms with van der Waals surface area (Å²) in [7, 11) is -18.6. The number of halogens is 1. The first-order valence-corrected chi connectivity index (χ1v) is 31.9. The molecule has 4 N–H and O–H groups in total. The third-order valence-electron chi connectivity index (χ3n) is 13.9. The summed E-state index contributed by atoms with van der Waals surface area (Å²) < 4.78 is 131. The van der Waals surface area contributed by atoms with Crippen LogP contribution in [0.15, 0.2) is 187 Å². The largest absolute Gasteiger partial charge is 2.00 e. The molecule has 3 aromatic heterocycles. The molecule has 439 valence electrons. The van der Waals surface area contributed by atoms with Crippen molar-refractivity contribution in [1.82, 2.24) is 39.9 Å². The second-order valence-electron chi connectivity index (χ2n) is 19.4. The zero-order valence-electron chi connectivity index (χ0n) is 44.2. The van der Waals surface area contributed by atoms with Gasteiger partial charge in [-0.15, -0.1) is 0 Å². The summed E-state index contributed by atoms with van der Waals surface area (Å²) in [5, 5.41) is 17.8. The second-order valence-corrected chi connectivity index (χ2v) is 26.4. The number of sulfonamides is 1. The quantitative estimate of drug-likeness (QED) is 0.0475. The number of aromatic nitrogens is 8. The first-order valence-electron chi connectivity index (χ1n) is 25.5. The summed E-state index contributed by atoms with van der Waals surface area (Å²) in [5.74, 6) is -0.985. The van der Waals surface area contributed by atoms with Gasteiger partial charge in [-0.2, -0.15) is 37.2 Å². The number of nitrogens with zero attached hydrogens (tertiary/aromatic N) is 12. The van der Waals surface area contributed by atoms with Crippen LogP contribution in [-0.4, -0.2) is 103 Å². The van der Waals surface area contributed by atoms with Crippen molar-refractivity contribution in [2.24, 2.45) is 15.3 Å². The van der Waals surface area contributed by atoms with Crippen LogP contribution in [0.25, 0.3) is 89.7 Å². The Morgan fingerprint density at radius 2 is 1.13 bits per heavy atom. The van der Waals surface area contributed by atoms with E-state index in [1.54, 1.807) is 85.8 Å². The van der Waals surface area contributed by atoms with Gasteiger partial charge in [-0.1, -0.05) is 84.4 Å². The summed E-state index contributed by atoms with van der Waals surface area (Å²) in [5.41, 5.74) is 1.76. The summed E-state index contributed by atoms with van der Waals surface area (Å²) in [6, 6.07) is 36.3. The number of anilines is 3. The molecule has 0 saturated heterocycles. The van der Waals surface area contributed by atoms with Crippen LogP contribution in [0.2, 0.25) is 5.02 Å². The molecule has 0 spiro atoms. The molecule has 31 heteroatoms. The molecular formula is C56H37ClCuN14O11S4. The molecule has 3 aliphatic rings. The number of benzene rings is 7. The Balaban J connectivity index is 0.00000739. The van der Waals surface area contributed by atoms with Gasteiger partial charge >= 0.3 is 17.1 Å². The van der Waals surface area contributed by atoms with Crippen molar-refractivity contribution in [3.05, 3.63) is 157 Å². The van der Waals surface area contributed by atoms with Crippen LogP contribution in [0, 0.1) is 0 Å². The molecule has 0 fully saturated rings. The maximum atomic E-state index is 14.7. The fraction of sp³-hybridized carbons (Fsp3) is 0.0714. The zero-order valence-corrected chi connectivity index (χ0v) is 49.1. The van der Waals surface area contributed by atoms with Gasteiger partial charge in [0.25, 0.3) is 36.2 Å². The number of nitrogens with one attached hydrogen (secondary N) is 2. The predicted octanol–water partition coefficient (Wildman–Crippen LogP) is 8.83. The number of rotatable bonds is 13. The smallest absolute Gasteiger partial charge is 0.384 e. The zero-order chi connectivity index (χ0) is 60.0. The van der Waals surface area contributed by atoms with Gasteiger partial charge in [0, 0.05) is 73.2 Å². The molecule has 7 aromatic carbocycles. The molecule has 13 rings (SSSR count). The average Bonchev–Trinajstić information content (AvgIpc) is 1.69. The minimum absolute atomic E-state index is 0. The van der Waals surface area contributed by atoms with Crippen molar-refractivity contribution in [2.45, 2.75) is 32.5 Å². The van der Waals surface area contributed by atoms with Gasteiger partial charge in [-0.3, -0.25) is 18.6 Å². The number of carbonyl (C=O) groups is 1. The van der Waals surface area contributed by atoms with Crippen LogP contribution in [0.4, 0.5) is 22.7 Å². The summed E-state index contributed by atoms with van der Waals surface area (Å²) in [6.07, 6.45) is 0. The van der Waals surface area contributed by atoms with Crippen molar-refractivity contribution >= 4 is 130 Å². The van der Waals surface area contributed by atoms with Crippen LogP contribution >= 0.6 is 11.6 Å². The maximum absolute atomic E-state index is 14.7. The number of fused-ring (bicyclic) bond motifs is 20. The molecular weight excluding hydrogens is 1270 g/mol. The molecule has 0 aliphatic carbocycles. The molecule has 3 aliphatic heterocycles. The van der Waals surface area contributed by atoms with Crippen LogP contribution in [0.3, 0.4) is 0 Å². The van der Waals surface area contributed by atoms with E-state index < -0.39 is 67.6 Å². The molecule has 8 bridgehead atoms. The first-order chi connectivity index (χ1) is 41.1. The minimum Gasteiger partial charge on any atom is -0.384 e. The van der Waals surface area contributed by atoms with E-state index in [1.165, 1.54) is 66.7 Å². The molecule has 1 radical (unpaired) electrons. The standard InChI is InChI=1S/C56H37ClN14O11S4.Cu/c1-29-47(56(72)71(69-29)33-21-16-30(57)17-22-33)68-67-41-25-20-32(28-44(41)86(80,81)82)58-26-27-83(73,74)34-23-18-31(19-24-34)70-84(75,76)42-14-6-12-39-45(42)54-64-52(39)62-50-36-9-3-2-8-35(36)48(60-50)59-49-37-10-4-5-11-38(37)51(61-49)63-55-46-40(53(65-54)66-55)13-7-15-43(46)85(77,78)79;/h2-25,28,47,70H,26-27H2,1H3,(H3-2,58,59,60,61,62,63,64,65,66,67,68,77,78,79,80,81,82);/q-2;+2. The summed E-state index contributed by atoms with van der Waals surface area (Å²) in [4.78, 5) is 49.7. The van der Waals surface area contributed by atoms with Gasteiger partial charge in [0.1, 0.15) is 15.5 Å². The van der Waals surface area contributed by atoms with Crippen molar-refractivity contribution in [2.75, 3.05) is 27.3 Å². The molecule has 1 atom stereocenters. The Morgan fingerprint density at radius 3 is 1.79 bits per heavy atom. The summed E-state index contributed by atoms with van der Waals surface area (Å²) >= 11 is 5.98. The van der Waals surface area contributed by atoms with Gasteiger partial charge in [0.15, 0.2) is 15.9 Å². The normalized spacial score (nSPS) is 14.3. The van der Waals surface area contributed by atoms with Crippen molar-refractivity contribution in [3.8, 4) is 45.6 Å². The van der Waals surface area contributed by atoms with E-state index in [9.17, 15) is 47.6 Å². The van der Waals surface area contributed by atoms with Crippen molar-refractivity contribution < 1.29 is 64.6 Å². The van der Waals surface area contributed by atoms with Gasteiger partial charge in [-0.25, -0.2) is 26.8 Å². The SMILES string of the molecule is CC1=NN(c2ccc(Cl)cc2)C(=O)C1N=Nc1ccc(NCCS(=O)(=O)c2ccc(NS(=O)(=O)c3cccc4c3-c3nc-4nc4[n-]c(nc5nc(nc6[n-]c(n3)c3cccc(S(=O)(=O)O)c63)-c3ccccc3-5)c3ccccc43)cc2)cc1S(=O)(=O)O.[Cu+2]. The molecule has 1 unspecified atom stereocenters. The minimum atomic E-state index is -4.93. The van der Waals surface area contributed by atoms with E-state index in [1.807, 2.05) is 0 Å². The molecule has 10 aromatic rings. The second kappa shape index (κ2) is 21.9. The Kier molecular flexibility index (Phi) is 14.7. The molecule has 6 heterocycles. The Morgan fingerprint density at radius 1 is 0.586 bits per heavy atom. The van der Waals surface area contributed by atoms with Crippen molar-refractivity contribution in [1.29, 1.82) is 0 Å². The van der Waals surface area contributed by atoms with Crippen LogP contribution in [-0.2, 0) is 62.0 Å². The van der Waals surface area contributed by atoms with E-state index in [0.717, 1.165) is 11.1 Å². The van der Waals surface area contributed by atoms with E-state index >= 15 is 0 Å². The topological polar surface area (TPSA) is 364 Å². The Bertz CT molecular complexity index is 5310. The number of hydrogen-bond acceptors (Lipinski definition) is 19. The maximum Gasteiger partial charge on any atom is 2.00 e. The van der Waals surface area contributed by atoms with E-state index in [0.29, 0.717) is 32.6 Å². The monoisotopic (exact) mass is 1310 g/mol. The van der Waals surface area contributed by atoms with Crippen LogP contribution in [0.1, 0.15) is 6.92 Å². The van der Waals surface area contributed by atoms with Gasteiger partial charge < -0.3 is 35.2 Å². The summed E-state index contributed by atoms with van der Waals surface area (Å²) in [6.45, 7) is 1.28. The molecule has 1 amide bonds. The number of azo groups is 1. The fourth-order valence-corrected chi connectivity index (χ4v) is 13.8. The molecule has 0 saturated carbocycles. The van der Waals surface area contributed by atoms with Gasteiger partial charge in [0.2, 0.25) is 0 Å². The fourth-order valence-electron chi connectivity index (χ4n) is 9.91. The number of carbonyl (C=O) groups excluding carboxylic acids is 1. The number of hydrazone groups is 1. The van der Waals surface area contributed by atoms with E-state index in [2.05, 4.69) is 30.4 Å². The van der Waals surface area contributed by atoms with Crippen LogP contribution < -0.4 is 25.0 Å².